The monoisotopic (exact) mass is 181 g/mol. The molecule has 0 aliphatic heterocycles. The van der Waals surface area contributed by atoms with Crippen LogP contribution >= 0.6 is 11.8 Å². The van der Waals surface area contributed by atoms with Gasteiger partial charge in [0.15, 0.2) is 0 Å². The van der Waals surface area contributed by atoms with Crippen LogP contribution in [-0.2, 0) is 0 Å². The first-order valence-corrected chi connectivity index (χ1v) is 5.31. The number of pyridine rings is 1. The van der Waals surface area contributed by atoms with E-state index in [9.17, 15) is 0 Å². The molecule has 2 heteroatoms. The van der Waals surface area contributed by atoms with Crippen molar-refractivity contribution in [2.45, 2.75) is 25.3 Å². The van der Waals surface area contributed by atoms with Gasteiger partial charge in [-0.3, -0.25) is 0 Å². The number of nitrogens with zero attached hydrogens (tertiary/aromatic N) is 1. The van der Waals surface area contributed by atoms with Crippen LogP contribution in [0.25, 0.3) is 0 Å². The Morgan fingerprint density at radius 1 is 1.42 bits per heavy atom. The Balaban J connectivity index is 2.25. The molecule has 0 radical (unpaired) electrons. The van der Waals surface area contributed by atoms with Gasteiger partial charge in [-0.15, -0.1) is 11.8 Å². The highest BCUT2D eigenvalue weighted by atomic mass is 32.2. The van der Waals surface area contributed by atoms with Gasteiger partial charge in [-0.25, -0.2) is 4.98 Å². The van der Waals surface area contributed by atoms with Crippen molar-refractivity contribution in [2.75, 3.05) is 5.75 Å². The fourth-order valence-corrected chi connectivity index (χ4v) is 1.94. The molecule has 0 aromatic carbocycles. The third-order valence-corrected chi connectivity index (χ3v) is 2.56. The number of aromatic nitrogens is 1. The average molecular weight is 181 g/mol. The van der Waals surface area contributed by atoms with Gasteiger partial charge in [0.1, 0.15) is 0 Å². The van der Waals surface area contributed by atoms with Gasteiger partial charge in [0.2, 0.25) is 0 Å². The molecule has 1 nitrogen and oxygen atoms in total. The number of thioether (sulfide) groups is 1. The molecule has 1 aromatic heterocycles. The maximum absolute atomic E-state index is 4.24. The average Bonchev–Trinajstić information content (AvgIpc) is 2.05. The van der Waals surface area contributed by atoms with Crippen LogP contribution in [0.2, 0.25) is 0 Å². The van der Waals surface area contributed by atoms with Crippen molar-refractivity contribution in [1.29, 1.82) is 0 Å². The van der Waals surface area contributed by atoms with Crippen LogP contribution in [0.4, 0.5) is 0 Å². The molecular formula is C10H15NS. The van der Waals surface area contributed by atoms with Crippen molar-refractivity contribution in [3.63, 3.8) is 0 Å². The van der Waals surface area contributed by atoms with E-state index < -0.39 is 0 Å². The standard InChI is InChI=1S/C10H15NS/c1-9(2)6-8-12-10-5-3-4-7-11-10/h3-5,7,9H,6,8H2,1-2H3. The number of hydrogen-bond donors (Lipinski definition) is 0. The lowest BCUT2D eigenvalue weighted by Gasteiger charge is -2.02. The fourth-order valence-electron chi connectivity index (χ4n) is 0.832. The summed E-state index contributed by atoms with van der Waals surface area (Å²) in [6.07, 6.45) is 3.11. The van der Waals surface area contributed by atoms with Gasteiger partial charge in [-0.05, 0) is 30.2 Å². The summed E-state index contributed by atoms with van der Waals surface area (Å²) in [5.41, 5.74) is 0. The van der Waals surface area contributed by atoms with Crippen LogP contribution in [0.5, 0.6) is 0 Å². The van der Waals surface area contributed by atoms with Crippen molar-refractivity contribution in [3.05, 3.63) is 24.4 Å². The molecule has 0 unspecified atom stereocenters. The van der Waals surface area contributed by atoms with E-state index in [1.54, 1.807) is 0 Å². The minimum absolute atomic E-state index is 0.793. The fraction of sp³-hybridized carbons (Fsp3) is 0.500. The van der Waals surface area contributed by atoms with Gasteiger partial charge in [0, 0.05) is 6.20 Å². The van der Waals surface area contributed by atoms with Crippen LogP contribution < -0.4 is 0 Å². The zero-order valence-corrected chi connectivity index (χ0v) is 8.47. The Morgan fingerprint density at radius 2 is 2.25 bits per heavy atom. The van der Waals surface area contributed by atoms with E-state index in [0.29, 0.717) is 0 Å². The normalized spacial score (nSPS) is 10.6. The van der Waals surface area contributed by atoms with Gasteiger partial charge in [-0.1, -0.05) is 19.9 Å². The molecule has 0 amide bonds. The minimum atomic E-state index is 0.793. The summed E-state index contributed by atoms with van der Waals surface area (Å²) in [5.74, 6) is 1.97. The van der Waals surface area contributed by atoms with E-state index in [2.05, 4.69) is 24.9 Å². The molecule has 0 saturated carbocycles. The second kappa shape index (κ2) is 5.20. The second-order valence-corrected chi connectivity index (χ2v) is 4.31. The van der Waals surface area contributed by atoms with Crippen molar-refractivity contribution in [3.8, 4) is 0 Å². The first kappa shape index (κ1) is 9.59. The Kier molecular flexibility index (Phi) is 4.15. The lowest BCUT2D eigenvalue weighted by molar-refractivity contribution is 0.632. The van der Waals surface area contributed by atoms with Crippen LogP contribution in [0.15, 0.2) is 29.4 Å². The Bertz CT molecular complexity index is 208. The Hall–Kier alpha value is -0.500. The molecule has 0 spiro atoms. The Morgan fingerprint density at radius 3 is 2.83 bits per heavy atom. The highest BCUT2D eigenvalue weighted by molar-refractivity contribution is 7.99. The van der Waals surface area contributed by atoms with E-state index in [0.717, 1.165) is 10.9 Å². The van der Waals surface area contributed by atoms with E-state index in [4.69, 9.17) is 0 Å². The zero-order chi connectivity index (χ0) is 8.81. The summed E-state index contributed by atoms with van der Waals surface area (Å²) in [4.78, 5) is 4.24. The molecule has 1 aromatic rings. The second-order valence-electron chi connectivity index (χ2n) is 3.20. The summed E-state index contributed by atoms with van der Waals surface area (Å²) in [6, 6.07) is 6.04. The van der Waals surface area contributed by atoms with E-state index in [-0.39, 0.29) is 0 Å². The predicted molar refractivity (Wildman–Crippen MR) is 54.4 cm³/mol. The molecular weight excluding hydrogens is 166 g/mol. The van der Waals surface area contributed by atoms with Crippen molar-refractivity contribution in [1.82, 2.24) is 4.98 Å². The molecule has 0 fully saturated rings. The molecule has 0 N–H and O–H groups in total. The lowest BCUT2D eigenvalue weighted by Crippen LogP contribution is -1.89. The molecule has 0 aliphatic rings. The van der Waals surface area contributed by atoms with E-state index in [1.807, 2.05) is 30.1 Å². The third kappa shape index (κ3) is 3.77. The summed E-state index contributed by atoms with van der Waals surface area (Å²) in [5, 5.41) is 1.14. The minimum Gasteiger partial charge on any atom is -0.250 e. The Labute approximate surface area is 78.6 Å². The van der Waals surface area contributed by atoms with Gasteiger partial charge < -0.3 is 0 Å². The smallest absolute Gasteiger partial charge is 0.0959 e. The highest BCUT2D eigenvalue weighted by Crippen LogP contribution is 2.16. The zero-order valence-electron chi connectivity index (χ0n) is 7.66. The first-order chi connectivity index (χ1) is 5.79. The molecule has 1 heterocycles. The molecule has 0 atom stereocenters. The summed E-state index contributed by atoms with van der Waals surface area (Å²) in [7, 11) is 0. The maximum Gasteiger partial charge on any atom is 0.0959 e. The highest BCUT2D eigenvalue weighted by Gasteiger charge is 1.96. The largest absolute Gasteiger partial charge is 0.250 e. The lowest BCUT2D eigenvalue weighted by atomic mass is 10.2. The van der Waals surface area contributed by atoms with Gasteiger partial charge in [0.25, 0.3) is 0 Å². The van der Waals surface area contributed by atoms with Gasteiger partial charge >= 0.3 is 0 Å². The molecule has 0 saturated heterocycles. The van der Waals surface area contributed by atoms with Crippen molar-refractivity contribution >= 4 is 11.8 Å². The van der Waals surface area contributed by atoms with Crippen molar-refractivity contribution in [2.24, 2.45) is 5.92 Å². The third-order valence-electron chi connectivity index (χ3n) is 1.58. The quantitative estimate of drug-likeness (QED) is 0.661. The molecule has 66 valence electrons. The van der Waals surface area contributed by atoms with Gasteiger partial charge in [-0.2, -0.15) is 0 Å². The molecule has 12 heavy (non-hydrogen) atoms. The molecule has 0 bridgehead atoms. The summed E-state index contributed by atoms with van der Waals surface area (Å²) in [6.45, 7) is 4.50. The molecule has 1 rings (SSSR count). The van der Waals surface area contributed by atoms with Gasteiger partial charge in [0.05, 0.1) is 5.03 Å². The van der Waals surface area contributed by atoms with E-state index >= 15 is 0 Å². The molecule has 0 aliphatic carbocycles. The van der Waals surface area contributed by atoms with Crippen molar-refractivity contribution < 1.29 is 0 Å². The number of hydrogen-bond acceptors (Lipinski definition) is 2. The topological polar surface area (TPSA) is 12.9 Å². The van der Waals surface area contributed by atoms with Crippen LogP contribution in [0.3, 0.4) is 0 Å². The summed E-state index contributed by atoms with van der Waals surface area (Å²) < 4.78 is 0. The SMILES string of the molecule is CC(C)CCSc1ccccn1. The van der Waals surface area contributed by atoms with Crippen LogP contribution in [0, 0.1) is 5.92 Å². The first-order valence-electron chi connectivity index (χ1n) is 4.33. The van der Waals surface area contributed by atoms with Crippen LogP contribution in [-0.4, -0.2) is 10.7 Å². The maximum atomic E-state index is 4.24. The number of rotatable bonds is 4. The predicted octanol–water partition coefficient (Wildman–Crippen LogP) is 3.22. The summed E-state index contributed by atoms with van der Waals surface area (Å²) >= 11 is 1.84. The van der Waals surface area contributed by atoms with Crippen LogP contribution in [0.1, 0.15) is 20.3 Å². The van der Waals surface area contributed by atoms with E-state index in [1.165, 1.54) is 12.2 Å².